The summed E-state index contributed by atoms with van der Waals surface area (Å²) in [4.78, 5) is 33.3. The number of anilines is 3. The third-order valence-electron chi connectivity index (χ3n) is 5.67. The van der Waals surface area contributed by atoms with E-state index in [4.69, 9.17) is 9.15 Å². The van der Waals surface area contributed by atoms with Gasteiger partial charge in [0.1, 0.15) is 5.56 Å². The number of pyridine rings is 1. The maximum Gasteiger partial charge on any atom is 0.349 e. The molecule has 1 amide bonds. The number of carbonyl (C=O) groups is 1. The molecule has 0 spiro atoms. The van der Waals surface area contributed by atoms with E-state index in [-0.39, 0.29) is 11.5 Å². The number of methoxy groups -OCH3 is 1. The maximum absolute atomic E-state index is 13.1. The van der Waals surface area contributed by atoms with Crippen molar-refractivity contribution >= 4 is 34.2 Å². The lowest BCUT2D eigenvalue weighted by molar-refractivity contribution is 0.0742. The van der Waals surface area contributed by atoms with E-state index in [0.717, 1.165) is 11.5 Å². The molecule has 4 heterocycles. The van der Waals surface area contributed by atoms with Crippen LogP contribution in [0, 0.1) is 0 Å². The van der Waals surface area contributed by atoms with Gasteiger partial charge < -0.3 is 24.3 Å². The molecule has 172 valence electrons. The van der Waals surface area contributed by atoms with Crippen molar-refractivity contribution in [1.82, 2.24) is 20.1 Å². The van der Waals surface area contributed by atoms with E-state index < -0.39 is 5.63 Å². The van der Waals surface area contributed by atoms with Crippen LogP contribution in [0.4, 0.5) is 17.3 Å². The smallest absolute Gasteiger partial charge is 0.349 e. The Morgan fingerprint density at radius 2 is 1.82 bits per heavy atom. The summed E-state index contributed by atoms with van der Waals surface area (Å²) >= 11 is 0. The fraction of sp³-hybridized carbons (Fsp3) is 0.208. The van der Waals surface area contributed by atoms with Crippen LogP contribution in [0.5, 0.6) is 5.75 Å². The highest BCUT2D eigenvalue weighted by atomic mass is 16.5. The number of nitrogens with zero attached hydrogens (tertiary/aromatic N) is 5. The number of benzene rings is 1. The van der Waals surface area contributed by atoms with Gasteiger partial charge in [0.05, 0.1) is 7.11 Å². The summed E-state index contributed by atoms with van der Waals surface area (Å²) in [5, 5.41) is 12.4. The van der Waals surface area contributed by atoms with Gasteiger partial charge in [0.25, 0.3) is 5.91 Å². The minimum Gasteiger partial charge on any atom is -0.493 e. The molecule has 1 saturated heterocycles. The first-order valence-electron chi connectivity index (χ1n) is 10.8. The van der Waals surface area contributed by atoms with Crippen molar-refractivity contribution in [2.45, 2.75) is 0 Å². The number of aromatic nitrogens is 3. The summed E-state index contributed by atoms with van der Waals surface area (Å²) < 4.78 is 10.6. The van der Waals surface area contributed by atoms with Crippen LogP contribution >= 0.6 is 0 Å². The van der Waals surface area contributed by atoms with Crippen molar-refractivity contribution in [3.05, 3.63) is 76.9 Å². The van der Waals surface area contributed by atoms with Gasteiger partial charge in [0.2, 0.25) is 0 Å². The largest absolute Gasteiger partial charge is 0.493 e. The third-order valence-corrected chi connectivity index (χ3v) is 5.67. The molecule has 0 unspecified atom stereocenters. The fourth-order valence-electron chi connectivity index (χ4n) is 3.88. The number of rotatable bonds is 5. The molecule has 1 aromatic carbocycles. The Kier molecular flexibility index (Phi) is 5.77. The van der Waals surface area contributed by atoms with Crippen LogP contribution in [-0.4, -0.2) is 59.3 Å². The lowest BCUT2D eigenvalue weighted by Crippen LogP contribution is -2.49. The second kappa shape index (κ2) is 9.18. The number of piperazine rings is 1. The summed E-state index contributed by atoms with van der Waals surface area (Å²) in [7, 11) is 1.50. The van der Waals surface area contributed by atoms with Gasteiger partial charge in [-0.05, 0) is 36.4 Å². The van der Waals surface area contributed by atoms with Crippen molar-refractivity contribution in [2.24, 2.45) is 0 Å². The number of hydrogen-bond donors (Lipinski definition) is 1. The zero-order valence-electron chi connectivity index (χ0n) is 18.5. The number of hydrogen-bond acceptors (Lipinski definition) is 9. The minimum atomic E-state index is -0.674. The third kappa shape index (κ3) is 4.25. The van der Waals surface area contributed by atoms with Gasteiger partial charge >= 0.3 is 5.63 Å². The number of para-hydroxylation sites is 1. The monoisotopic (exact) mass is 458 g/mol. The first-order chi connectivity index (χ1) is 16.6. The number of nitrogens with one attached hydrogen (secondary N) is 1. The lowest BCUT2D eigenvalue weighted by Gasteiger charge is -2.35. The second-order valence-corrected chi connectivity index (χ2v) is 7.74. The lowest BCUT2D eigenvalue weighted by atomic mass is 10.1. The molecule has 0 aliphatic carbocycles. The van der Waals surface area contributed by atoms with Gasteiger partial charge in [-0.15, -0.1) is 10.2 Å². The van der Waals surface area contributed by atoms with Crippen molar-refractivity contribution in [2.75, 3.05) is 43.5 Å². The number of carbonyl (C=O) groups excluding carboxylic acids is 1. The minimum absolute atomic E-state index is 0.0144. The molecule has 34 heavy (non-hydrogen) atoms. The van der Waals surface area contributed by atoms with E-state index in [1.807, 2.05) is 24.3 Å². The molecule has 1 fully saturated rings. The molecule has 1 aliphatic heterocycles. The van der Waals surface area contributed by atoms with Crippen LogP contribution in [-0.2, 0) is 0 Å². The number of ether oxygens (including phenoxy) is 1. The van der Waals surface area contributed by atoms with Crippen LogP contribution in [0.25, 0.3) is 11.0 Å². The van der Waals surface area contributed by atoms with E-state index in [0.29, 0.717) is 48.7 Å². The summed E-state index contributed by atoms with van der Waals surface area (Å²) in [5.41, 5.74) is 0.547. The molecule has 10 nitrogen and oxygen atoms in total. The van der Waals surface area contributed by atoms with E-state index in [2.05, 4.69) is 25.4 Å². The van der Waals surface area contributed by atoms with Crippen LogP contribution < -0.4 is 20.6 Å². The van der Waals surface area contributed by atoms with E-state index in [9.17, 15) is 9.59 Å². The molecular weight excluding hydrogens is 436 g/mol. The SMILES string of the molecule is COc1cccc2cc(C(=O)N3CCN(c4ccc(Nc5ccncc5)nn4)CC3)c(=O)oc12. The van der Waals surface area contributed by atoms with E-state index in [1.54, 1.807) is 41.6 Å². The van der Waals surface area contributed by atoms with Crippen molar-refractivity contribution in [3.63, 3.8) is 0 Å². The molecule has 5 rings (SSSR count). The first kappa shape index (κ1) is 21.4. The Morgan fingerprint density at radius 1 is 1.03 bits per heavy atom. The molecule has 0 bridgehead atoms. The molecular formula is C24H22N6O4. The second-order valence-electron chi connectivity index (χ2n) is 7.74. The van der Waals surface area contributed by atoms with Gasteiger partial charge in [-0.2, -0.15) is 0 Å². The Balaban J connectivity index is 1.25. The van der Waals surface area contributed by atoms with Gasteiger partial charge in [0.15, 0.2) is 23.0 Å². The van der Waals surface area contributed by atoms with Crippen LogP contribution in [0.3, 0.4) is 0 Å². The molecule has 1 aliphatic rings. The highest BCUT2D eigenvalue weighted by Gasteiger charge is 2.26. The van der Waals surface area contributed by atoms with Crippen LogP contribution in [0.1, 0.15) is 10.4 Å². The van der Waals surface area contributed by atoms with Crippen LogP contribution in [0.15, 0.2) is 70.1 Å². The highest BCUT2D eigenvalue weighted by Crippen LogP contribution is 2.25. The predicted octanol–water partition coefficient (Wildman–Crippen LogP) is 2.69. The zero-order chi connectivity index (χ0) is 23.5. The van der Waals surface area contributed by atoms with E-state index >= 15 is 0 Å². The fourth-order valence-corrected chi connectivity index (χ4v) is 3.88. The summed E-state index contributed by atoms with van der Waals surface area (Å²) in [5.74, 6) is 1.46. The normalized spacial score (nSPS) is 13.7. The Hall–Kier alpha value is -4.47. The Bertz CT molecular complexity index is 1370. The standard InChI is InChI=1S/C24H22N6O4/c1-33-19-4-2-3-16-15-18(24(32)34-22(16)19)23(31)30-13-11-29(12-14-30)21-6-5-20(27-28-21)26-17-7-9-25-10-8-17/h2-10,15H,11-14H2,1H3,(H,25,26,27). The summed E-state index contributed by atoms with van der Waals surface area (Å²) in [6, 6.07) is 14.3. The Morgan fingerprint density at radius 3 is 2.53 bits per heavy atom. The highest BCUT2D eigenvalue weighted by molar-refractivity contribution is 5.97. The molecule has 0 atom stereocenters. The van der Waals surface area contributed by atoms with Gasteiger partial charge in [-0.1, -0.05) is 12.1 Å². The van der Waals surface area contributed by atoms with Crippen molar-refractivity contribution in [1.29, 1.82) is 0 Å². The zero-order valence-corrected chi connectivity index (χ0v) is 18.5. The molecule has 10 heteroatoms. The number of fused-ring (bicyclic) bond motifs is 1. The summed E-state index contributed by atoms with van der Waals surface area (Å²) in [6.45, 7) is 2.05. The molecule has 0 saturated carbocycles. The van der Waals surface area contributed by atoms with Gasteiger partial charge in [-0.25, -0.2) is 4.79 Å². The van der Waals surface area contributed by atoms with Crippen LogP contribution in [0.2, 0.25) is 0 Å². The summed E-state index contributed by atoms with van der Waals surface area (Å²) in [6.07, 6.45) is 3.40. The first-order valence-corrected chi connectivity index (χ1v) is 10.8. The number of amides is 1. The molecule has 4 aromatic rings. The maximum atomic E-state index is 13.1. The average Bonchev–Trinajstić information content (AvgIpc) is 2.89. The molecule has 0 radical (unpaired) electrons. The average molecular weight is 458 g/mol. The Labute approximate surface area is 194 Å². The topological polar surface area (TPSA) is 114 Å². The van der Waals surface area contributed by atoms with Gasteiger partial charge in [-0.3, -0.25) is 9.78 Å². The molecule has 3 aromatic heterocycles. The van der Waals surface area contributed by atoms with Gasteiger partial charge in [0, 0.05) is 49.6 Å². The van der Waals surface area contributed by atoms with Crippen molar-refractivity contribution in [3.8, 4) is 5.75 Å². The molecule has 1 N–H and O–H groups in total. The quantitative estimate of drug-likeness (QED) is 0.451. The van der Waals surface area contributed by atoms with E-state index in [1.165, 1.54) is 7.11 Å². The van der Waals surface area contributed by atoms with Crippen molar-refractivity contribution < 1.29 is 13.9 Å². The predicted molar refractivity (Wildman–Crippen MR) is 127 cm³/mol.